The molecule has 0 aromatic carbocycles. The number of hydrogen-bond donors (Lipinski definition) is 1. The van der Waals surface area contributed by atoms with Crippen LogP contribution in [0.25, 0.3) is 0 Å². The van der Waals surface area contributed by atoms with Crippen LogP contribution in [0.3, 0.4) is 0 Å². The summed E-state index contributed by atoms with van der Waals surface area (Å²) in [7, 11) is 0. The maximum absolute atomic E-state index is 3.57. The van der Waals surface area contributed by atoms with Gasteiger partial charge in [-0.05, 0) is 37.3 Å². The van der Waals surface area contributed by atoms with E-state index >= 15 is 0 Å². The average Bonchev–Trinajstić information content (AvgIpc) is 2.79. The Labute approximate surface area is 97.9 Å². The lowest BCUT2D eigenvalue weighted by atomic mass is 9.81. The van der Waals surface area contributed by atoms with Gasteiger partial charge in [-0.1, -0.05) is 26.8 Å². The van der Waals surface area contributed by atoms with E-state index in [1.807, 2.05) is 11.3 Å². The van der Waals surface area contributed by atoms with Crippen LogP contribution in [0.5, 0.6) is 0 Å². The van der Waals surface area contributed by atoms with Crippen molar-refractivity contribution in [2.24, 2.45) is 0 Å². The lowest BCUT2D eigenvalue weighted by Gasteiger charge is -2.31. The molecular weight excluding hydrogens is 202 g/mol. The third-order valence-corrected chi connectivity index (χ3v) is 4.40. The molecule has 1 N–H and O–H groups in total. The van der Waals surface area contributed by atoms with Crippen molar-refractivity contribution >= 4 is 11.3 Å². The molecule has 1 aromatic rings. The van der Waals surface area contributed by atoms with Crippen LogP contribution in [0.15, 0.2) is 17.5 Å². The molecule has 0 amide bonds. The molecule has 0 unspecified atom stereocenters. The highest BCUT2D eigenvalue weighted by Gasteiger charge is 2.28. The molecule has 15 heavy (non-hydrogen) atoms. The first-order chi connectivity index (χ1) is 7.29. The minimum atomic E-state index is 0.364. The predicted octanol–water partition coefficient (Wildman–Crippen LogP) is 3.81. The summed E-state index contributed by atoms with van der Waals surface area (Å²) in [5, 5.41) is 5.76. The maximum Gasteiger partial charge on any atom is 0.0166 e. The lowest BCUT2D eigenvalue weighted by Crippen LogP contribution is -2.37. The van der Waals surface area contributed by atoms with Crippen molar-refractivity contribution in [1.29, 1.82) is 0 Å². The van der Waals surface area contributed by atoms with E-state index in [2.05, 4.69) is 43.6 Å². The van der Waals surface area contributed by atoms with Crippen molar-refractivity contribution in [3.05, 3.63) is 22.4 Å². The molecule has 0 aliphatic heterocycles. The number of nitrogens with one attached hydrogen (secondary N) is 1. The Hall–Kier alpha value is -0.340. The van der Waals surface area contributed by atoms with Crippen LogP contribution < -0.4 is 5.32 Å². The van der Waals surface area contributed by atoms with E-state index in [0.717, 1.165) is 13.1 Å². The zero-order valence-electron chi connectivity index (χ0n) is 10.2. The van der Waals surface area contributed by atoms with Gasteiger partial charge in [-0.2, -0.15) is 0 Å². The zero-order valence-corrected chi connectivity index (χ0v) is 11.0. The van der Waals surface area contributed by atoms with Gasteiger partial charge >= 0.3 is 0 Å². The summed E-state index contributed by atoms with van der Waals surface area (Å²) in [6, 6.07) is 4.45. The third-order valence-electron chi connectivity index (χ3n) is 3.29. The second-order valence-electron chi connectivity index (χ2n) is 4.14. The Morgan fingerprint density at radius 1 is 1.27 bits per heavy atom. The number of hydrogen-bond acceptors (Lipinski definition) is 2. The van der Waals surface area contributed by atoms with Crippen molar-refractivity contribution in [2.75, 3.05) is 13.1 Å². The van der Waals surface area contributed by atoms with Crippen molar-refractivity contribution in [3.63, 3.8) is 0 Å². The first kappa shape index (κ1) is 12.7. The molecule has 1 heterocycles. The summed E-state index contributed by atoms with van der Waals surface area (Å²) >= 11 is 1.90. The Kier molecular flexibility index (Phi) is 5.34. The second kappa shape index (κ2) is 6.29. The van der Waals surface area contributed by atoms with Gasteiger partial charge in [0.25, 0.3) is 0 Å². The zero-order chi connectivity index (χ0) is 11.1. The van der Waals surface area contributed by atoms with E-state index in [4.69, 9.17) is 0 Å². The molecule has 86 valence electrons. The van der Waals surface area contributed by atoms with Gasteiger partial charge in [0.2, 0.25) is 0 Å². The van der Waals surface area contributed by atoms with E-state index in [1.165, 1.54) is 24.1 Å². The van der Waals surface area contributed by atoms with Crippen molar-refractivity contribution in [2.45, 2.75) is 45.4 Å². The molecule has 0 spiro atoms. The highest BCUT2D eigenvalue weighted by atomic mass is 32.1. The molecule has 0 radical (unpaired) electrons. The summed E-state index contributed by atoms with van der Waals surface area (Å²) in [6.45, 7) is 9.08. The molecule has 2 heteroatoms. The molecule has 0 saturated carbocycles. The van der Waals surface area contributed by atoms with Crippen LogP contribution >= 0.6 is 11.3 Å². The monoisotopic (exact) mass is 225 g/mol. The fourth-order valence-electron chi connectivity index (χ4n) is 2.02. The summed E-state index contributed by atoms with van der Waals surface area (Å²) in [5.41, 5.74) is 0.364. The standard InChI is InChI=1S/C13H23NS/c1-4-9-14-11-13(5-2,6-3)12-8-7-10-15-12/h7-8,10,14H,4-6,9,11H2,1-3H3. The normalized spacial score (nSPS) is 11.9. The van der Waals surface area contributed by atoms with Crippen LogP contribution in [-0.2, 0) is 5.41 Å². The van der Waals surface area contributed by atoms with Gasteiger partial charge in [0.05, 0.1) is 0 Å². The van der Waals surface area contributed by atoms with Gasteiger partial charge < -0.3 is 5.32 Å². The topological polar surface area (TPSA) is 12.0 Å². The van der Waals surface area contributed by atoms with Gasteiger partial charge in [0.1, 0.15) is 0 Å². The average molecular weight is 225 g/mol. The highest BCUT2D eigenvalue weighted by Crippen LogP contribution is 2.34. The van der Waals surface area contributed by atoms with Crippen molar-refractivity contribution in [1.82, 2.24) is 5.32 Å². The van der Waals surface area contributed by atoms with E-state index < -0.39 is 0 Å². The molecule has 0 saturated heterocycles. The third kappa shape index (κ3) is 3.05. The van der Waals surface area contributed by atoms with E-state index in [-0.39, 0.29) is 0 Å². The number of rotatable bonds is 7. The first-order valence-electron chi connectivity index (χ1n) is 6.03. The molecule has 0 bridgehead atoms. The van der Waals surface area contributed by atoms with Crippen LogP contribution in [0.1, 0.15) is 44.9 Å². The van der Waals surface area contributed by atoms with E-state index in [9.17, 15) is 0 Å². The number of thiophene rings is 1. The molecule has 0 fully saturated rings. The summed E-state index contributed by atoms with van der Waals surface area (Å²) in [5.74, 6) is 0. The minimum Gasteiger partial charge on any atom is -0.316 e. The van der Waals surface area contributed by atoms with Crippen molar-refractivity contribution in [3.8, 4) is 0 Å². The van der Waals surface area contributed by atoms with Gasteiger partial charge in [-0.3, -0.25) is 0 Å². The van der Waals surface area contributed by atoms with Crippen LogP contribution in [-0.4, -0.2) is 13.1 Å². The fraction of sp³-hybridized carbons (Fsp3) is 0.692. The van der Waals surface area contributed by atoms with Gasteiger partial charge in [-0.15, -0.1) is 11.3 Å². The van der Waals surface area contributed by atoms with Gasteiger partial charge in [0.15, 0.2) is 0 Å². The molecular formula is C13H23NS. The largest absolute Gasteiger partial charge is 0.316 e. The molecule has 1 rings (SSSR count). The van der Waals surface area contributed by atoms with E-state index in [0.29, 0.717) is 5.41 Å². The Morgan fingerprint density at radius 3 is 2.47 bits per heavy atom. The van der Waals surface area contributed by atoms with Gasteiger partial charge in [0, 0.05) is 16.8 Å². The molecule has 0 aliphatic carbocycles. The van der Waals surface area contributed by atoms with Crippen molar-refractivity contribution < 1.29 is 0 Å². The Balaban J connectivity index is 2.69. The molecule has 0 aliphatic rings. The maximum atomic E-state index is 3.57. The SMILES string of the molecule is CCCNCC(CC)(CC)c1cccs1. The summed E-state index contributed by atoms with van der Waals surface area (Å²) in [4.78, 5) is 1.54. The Morgan fingerprint density at radius 2 is 2.00 bits per heavy atom. The fourth-order valence-corrected chi connectivity index (χ4v) is 3.09. The quantitative estimate of drug-likeness (QED) is 0.696. The van der Waals surface area contributed by atoms with Crippen LogP contribution in [0.4, 0.5) is 0 Å². The minimum absolute atomic E-state index is 0.364. The molecule has 0 atom stereocenters. The summed E-state index contributed by atoms with van der Waals surface area (Å²) in [6.07, 6.45) is 3.66. The lowest BCUT2D eigenvalue weighted by molar-refractivity contribution is 0.376. The predicted molar refractivity (Wildman–Crippen MR) is 69.7 cm³/mol. The molecule has 1 nitrogen and oxygen atoms in total. The smallest absolute Gasteiger partial charge is 0.0166 e. The highest BCUT2D eigenvalue weighted by molar-refractivity contribution is 7.10. The van der Waals surface area contributed by atoms with Crippen LogP contribution in [0.2, 0.25) is 0 Å². The van der Waals surface area contributed by atoms with E-state index in [1.54, 1.807) is 0 Å². The van der Waals surface area contributed by atoms with Crippen LogP contribution in [0, 0.1) is 0 Å². The molecule has 1 aromatic heterocycles. The Bertz CT molecular complexity index is 250. The second-order valence-corrected chi connectivity index (χ2v) is 5.09. The summed E-state index contributed by atoms with van der Waals surface area (Å²) < 4.78 is 0. The van der Waals surface area contributed by atoms with Gasteiger partial charge in [-0.25, -0.2) is 0 Å². The first-order valence-corrected chi connectivity index (χ1v) is 6.91.